The van der Waals surface area contributed by atoms with Gasteiger partial charge in [-0.3, -0.25) is 4.79 Å². The molecule has 1 aromatic heterocycles. The van der Waals surface area contributed by atoms with Crippen LogP contribution in [-0.4, -0.2) is 30.0 Å². The minimum atomic E-state index is 0.118. The van der Waals surface area contributed by atoms with Crippen molar-refractivity contribution in [2.75, 3.05) is 18.0 Å². The predicted octanol–water partition coefficient (Wildman–Crippen LogP) is 3.63. The Morgan fingerprint density at radius 3 is 2.70 bits per heavy atom. The molecule has 1 fully saturated rings. The number of rotatable bonds is 3. The number of carbonyl (C=O) groups excluding carboxylic acids is 1. The highest BCUT2D eigenvalue weighted by Crippen LogP contribution is 2.25. The fourth-order valence-electron chi connectivity index (χ4n) is 3.03. The van der Waals surface area contributed by atoms with Crippen LogP contribution < -0.4 is 10.2 Å². The first kappa shape index (κ1) is 16.1. The fourth-order valence-corrected chi connectivity index (χ4v) is 3.22. The van der Waals surface area contributed by atoms with Gasteiger partial charge in [-0.05, 0) is 57.0 Å². The molecule has 0 saturated carbocycles. The van der Waals surface area contributed by atoms with Crippen LogP contribution >= 0.6 is 11.6 Å². The van der Waals surface area contributed by atoms with E-state index in [1.165, 1.54) is 0 Å². The Morgan fingerprint density at radius 2 is 2.00 bits per heavy atom. The molecule has 1 aromatic carbocycles. The summed E-state index contributed by atoms with van der Waals surface area (Å²) in [5.41, 5.74) is 0.951. The Bertz CT molecular complexity index is 708. The molecule has 0 radical (unpaired) electrons. The topological polar surface area (TPSA) is 45.2 Å². The largest absolute Gasteiger partial charge is 0.357 e. The molecule has 1 saturated heterocycles. The maximum absolute atomic E-state index is 12.1. The lowest BCUT2D eigenvalue weighted by molar-refractivity contribution is -0.126. The smallest absolute Gasteiger partial charge is 0.223 e. The average Bonchev–Trinajstić information content (AvgIpc) is 2.54. The average molecular weight is 332 g/mol. The summed E-state index contributed by atoms with van der Waals surface area (Å²) < 4.78 is 0. The number of anilines is 1. The Morgan fingerprint density at radius 1 is 1.26 bits per heavy atom. The first-order valence-corrected chi connectivity index (χ1v) is 8.52. The fraction of sp³-hybridized carbons (Fsp3) is 0.444. The van der Waals surface area contributed by atoms with Crippen molar-refractivity contribution in [2.45, 2.75) is 32.7 Å². The number of nitrogens with zero attached hydrogens (tertiary/aromatic N) is 2. The zero-order valence-corrected chi connectivity index (χ0v) is 14.3. The van der Waals surface area contributed by atoms with Crippen LogP contribution in [0.4, 0.5) is 5.82 Å². The third-order valence-corrected chi connectivity index (χ3v) is 4.49. The number of hydrogen-bond donors (Lipinski definition) is 1. The van der Waals surface area contributed by atoms with Crippen molar-refractivity contribution in [1.29, 1.82) is 0 Å². The van der Waals surface area contributed by atoms with Gasteiger partial charge in [0.25, 0.3) is 0 Å². The van der Waals surface area contributed by atoms with E-state index in [1.54, 1.807) is 0 Å². The molecule has 2 heterocycles. The van der Waals surface area contributed by atoms with Gasteiger partial charge in [-0.15, -0.1) is 0 Å². The molecule has 5 heteroatoms. The maximum atomic E-state index is 12.1. The second-order valence-corrected chi connectivity index (χ2v) is 6.87. The first-order valence-electron chi connectivity index (χ1n) is 8.14. The normalized spacial score (nSPS) is 16.1. The van der Waals surface area contributed by atoms with E-state index >= 15 is 0 Å². The van der Waals surface area contributed by atoms with Gasteiger partial charge in [0.2, 0.25) is 5.91 Å². The summed E-state index contributed by atoms with van der Waals surface area (Å²) in [6.45, 7) is 5.72. The summed E-state index contributed by atoms with van der Waals surface area (Å²) in [7, 11) is 0. The summed E-state index contributed by atoms with van der Waals surface area (Å²) in [4.78, 5) is 19.1. The minimum absolute atomic E-state index is 0.118. The van der Waals surface area contributed by atoms with Crippen LogP contribution in [0.1, 0.15) is 26.7 Å². The van der Waals surface area contributed by atoms with Crippen molar-refractivity contribution in [3.05, 3.63) is 35.4 Å². The molecule has 0 aliphatic carbocycles. The Labute approximate surface area is 141 Å². The SMILES string of the molecule is CC(C)NC(=O)C1CCN(c2ccc3cc(Cl)ccc3n2)CC1. The maximum Gasteiger partial charge on any atom is 0.223 e. The van der Waals surface area contributed by atoms with Gasteiger partial charge in [0.1, 0.15) is 5.82 Å². The second-order valence-electron chi connectivity index (χ2n) is 6.43. The van der Waals surface area contributed by atoms with Crippen molar-refractivity contribution in [2.24, 2.45) is 5.92 Å². The van der Waals surface area contributed by atoms with E-state index in [9.17, 15) is 4.79 Å². The van der Waals surface area contributed by atoms with Crippen molar-refractivity contribution in [3.63, 3.8) is 0 Å². The number of fused-ring (bicyclic) bond motifs is 1. The molecule has 1 aliphatic heterocycles. The Balaban J connectivity index is 1.68. The van der Waals surface area contributed by atoms with Gasteiger partial charge in [0.05, 0.1) is 5.52 Å². The standard InChI is InChI=1S/C18H22ClN3O/c1-12(2)20-18(23)13-7-9-22(10-8-13)17-6-3-14-11-15(19)4-5-16(14)21-17/h3-6,11-13H,7-10H2,1-2H3,(H,20,23). The van der Waals surface area contributed by atoms with E-state index in [0.29, 0.717) is 0 Å². The quantitative estimate of drug-likeness (QED) is 0.934. The number of nitrogens with one attached hydrogen (secondary N) is 1. The van der Waals surface area contributed by atoms with Gasteiger partial charge in [-0.1, -0.05) is 11.6 Å². The van der Waals surface area contributed by atoms with E-state index in [4.69, 9.17) is 16.6 Å². The lowest BCUT2D eigenvalue weighted by atomic mass is 9.95. The zero-order valence-electron chi connectivity index (χ0n) is 13.6. The molecule has 2 aromatic rings. The molecule has 3 rings (SSSR count). The molecule has 0 spiro atoms. The Kier molecular flexibility index (Phi) is 4.71. The third-order valence-electron chi connectivity index (χ3n) is 4.26. The number of pyridine rings is 1. The number of amides is 1. The lowest BCUT2D eigenvalue weighted by Crippen LogP contribution is -2.42. The third kappa shape index (κ3) is 3.75. The molecule has 1 aliphatic rings. The first-order chi connectivity index (χ1) is 11.0. The van der Waals surface area contributed by atoms with Crippen LogP contribution in [0.3, 0.4) is 0 Å². The van der Waals surface area contributed by atoms with Crippen molar-refractivity contribution >= 4 is 34.2 Å². The van der Waals surface area contributed by atoms with E-state index < -0.39 is 0 Å². The molecule has 23 heavy (non-hydrogen) atoms. The monoisotopic (exact) mass is 331 g/mol. The minimum Gasteiger partial charge on any atom is -0.357 e. The number of aromatic nitrogens is 1. The predicted molar refractivity (Wildman–Crippen MR) is 95.0 cm³/mol. The van der Waals surface area contributed by atoms with E-state index in [2.05, 4.69) is 16.3 Å². The Hall–Kier alpha value is -1.81. The lowest BCUT2D eigenvalue weighted by Gasteiger charge is -2.32. The summed E-state index contributed by atoms with van der Waals surface area (Å²) in [5.74, 6) is 1.27. The molecular weight excluding hydrogens is 310 g/mol. The number of halogens is 1. The van der Waals surface area contributed by atoms with Crippen molar-refractivity contribution < 1.29 is 4.79 Å². The van der Waals surface area contributed by atoms with Crippen LogP contribution in [0.25, 0.3) is 10.9 Å². The van der Waals surface area contributed by atoms with E-state index in [1.807, 2.05) is 38.1 Å². The van der Waals surface area contributed by atoms with Gasteiger partial charge >= 0.3 is 0 Å². The highest BCUT2D eigenvalue weighted by molar-refractivity contribution is 6.31. The highest BCUT2D eigenvalue weighted by Gasteiger charge is 2.25. The summed E-state index contributed by atoms with van der Waals surface area (Å²) >= 11 is 6.01. The van der Waals surface area contributed by atoms with Crippen LogP contribution in [-0.2, 0) is 4.79 Å². The molecule has 0 atom stereocenters. The zero-order chi connectivity index (χ0) is 16.4. The summed E-state index contributed by atoms with van der Waals surface area (Å²) in [6, 6.07) is 10.0. The number of benzene rings is 1. The van der Waals surface area contributed by atoms with E-state index in [0.717, 1.165) is 47.7 Å². The van der Waals surface area contributed by atoms with Crippen LogP contribution in [0.5, 0.6) is 0 Å². The van der Waals surface area contributed by atoms with Crippen molar-refractivity contribution in [3.8, 4) is 0 Å². The molecule has 1 amide bonds. The number of hydrogen-bond acceptors (Lipinski definition) is 3. The van der Waals surface area contributed by atoms with Gasteiger partial charge < -0.3 is 10.2 Å². The molecule has 0 bridgehead atoms. The van der Waals surface area contributed by atoms with Gasteiger partial charge in [-0.2, -0.15) is 0 Å². The molecule has 1 N–H and O–H groups in total. The van der Waals surface area contributed by atoms with Gasteiger partial charge in [0, 0.05) is 35.5 Å². The molecule has 4 nitrogen and oxygen atoms in total. The molecular formula is C18H22ClN3O. The highest BCUT2D eigenvalue weighted by atomic mass is 35.5. The van der Waals surface area contributed by atoms with Gasteiger partial charge in [0.15, 0.2) is 0 Å². The molecule has 122 valence electrons. The van der Waals surface area contributed by atoms with Crippen LogP contribution in [0.15, 0.2) is 30.3 Å². The van der Waals surface area contributed by atoms with E-state index in [-0.39, 0.29) is 17.9 Å². The van der Waals surface area contributed by atoms with Crippen LogP contribution in [0.2, 0.25) is 5.02 Å². The van der Waals surface area contributed by atoms with Crippen molar-refractivity contribution in [1.82, 2.24) is 10.3 Å². The summed E-state index contributed by atoms with van der Waals surface area (Å²) in [5, 5.41) is 4.79. The molecule has 0 unspecified atom stereocenters. The number of piperidine rings is 1. The number of carbonyl (C=O) groups is 1. The van der Waals surface area contributed by atoms with Crippen LogP contribution in [0, 0.1) is 5.92 Å². The second kappa shape index (κ2) is 6.75. The van der Waals surface area contributed by atoms with Gasteiger partial charge in [-0.25, -0.2) is 4.98 Å². The summed E-state index contributed by atoms with van der Waals surface area (Å²) in [6.07, 6.45) is 1.75.